The van der Waals surface area contributed by atoms with Crippen molar-refractivity contribution >= 4 is 37.1 Å². The van der Waals surface area contributed by atoms with Crippen molar-refractivity contribution in [1.29, 1.82) is 0 Å². The molecule has 0 aliphatic carbocycles. The van der Waals surface area contributed by atoms with E-state index >= 15 is 0 Å². The minimum absolute atomic E-state index is 0.0407. The summed E-state index contributed by atoms with van der Waals surface area (Å²) < 4.78 is 28.1. The maximum absolute atomic E-state index is 14.1. The Morgan fingerprint density at radius 1 is 1.13 bits per heavy atom. The van der Waals surface area contributed by atoms with Crippen molar-refractivity contribution in [1.82, 2.24) is 0 Å². The monoisotopic (exact) mass is 268 g/mol. The molecule has 0 aliphatic heterocycles. The Labute approximate surface area is 99.6 Å². The van der Waals surface area contributed by atoms with Gasteiger partial charge in [-0.25, -0.2) is 0 Å². The molecular weight excluding hydrogens is 257 g/mol. The third kappa shape index (κ3) is 2.52. The Morgan fingerprint density at radius 3 is 2.07 bits per heavy atom. The molecule has 0 N–H and O–H groups in total. The highest BCUT2D eigenvalue weighted by Crippen LogP contribution is 2.39. The van der Waals surface area contributed by atoms with Crippen LogP contribution in [0, 0.1) is 0 Å². The molecule has 0 aliphatic rings. The average molecular weight is 269 g/mol. The highest BCUT2D eigenvalue weighted by molar-refractivity contribution is 6.84. The predicted octanol–water partition coefficient (Wildman–Crippen LogP) is 4.38. The Morgan fingerprint density at radius 2 is 1.67 bits per heavy atom. The van der Waals surface area contributed by atoms with Crippen LogP contribution in [0.15, 0.2) is 18.2 Å². The molecule has 0 aromatic heterocycles. The van der Waals surface area contributed by atoms with Gasteiger partial charge in [0.2, 0.25) is 0 Å². The van der Waals surface area contributed by atoms with Crippen LogP contribution in [0.3, 0.4) is 0 Å². The molecule has 0 spiro atoms. The fourth-order valence-electron chi connectivity index (χ4n) is 1.15. The van der Waals surface area contributed by atoms with Crippen molar-refractivity contribution in [3.8, 4) is 0 Å². The van der Waals surface area contributed by atoms with Gasteiger partial charge in [-0.3, -0.25) is 8.22 Å². The summed E-state index contributed by atoms with van der Waals surface area (Å²) in [4.78, 5) is 0. The minimum atomic E-state index is -4.54. The van der Waals surface area contributed by atoms with Crippen LogP contribution >= 0.6 is 23.2 Å². The first-order chi connectivity index (χ1) is 6.66. The van der Waals surface area contributed by atoms with E-state index in [1.807, 2.05) is 0 Å². The zero-order valence-corrected chi connectivity index (χ0v) is 11.3. The van der Waals surface area contributed by atoms with E-state index in [-0.39, 0.29) is 10.2 Å². The fourth-order valence-corrected chi connectivity index (χ4v) is 3.39. The first-order valence-electron chi connectivity index (χ1n) is 4.49. The van der Waals surface area contributed by atoms with Gasteiger partial charge in [-0.05, 0) is 12.1 Å². The van der Waals surface area contributed by atoms with Crippen molar-refractivity contribution in [2.45, 2.75) is 25.8 Å². The molecule has 1 aromatic carbocycles. The molecule has 84 valence electrons. The smallest absolute Gasteiger partial charge is 0.264 e. The third-order valence-corrected chi connectivity index (χ3v) is 5.91. The van der Waals surface area contributed by atoms with Gasteiger partial charge in [-0.15, -0.1) is 0 Å². The van der Waals surface area contributed by atoms with Gasteiger partial charge < -0.3 is 0 Å². The number of hydrogen-bond donors (Lipinski definition) is 0. The maximum Gasteiger partial charge on any atom is 0.462 e. The highest BCUT2D eigenvalue weighted by Gasteiger charge is 2.51. The summed E-state index contributed by atoms with van der Waals surface area (Å²) in [5, 5.41) is -0.637. The highest BCUT2D eigenvalue weighted by atomic mass is 35.5. The molecule has 0 heterocycles. The molecule has 0 saturated heterocycles. The topological polar surface area (TPSA) is 0 Å². The zero-order valence-electron chi connectivity index (χ0n) is 8.74. The fraction of sp³-hybridized carbons (Fsp3) is 0.400. The molecule has 0 amide bonds. The van der Waals surface area contributed by atoms with Crippen LogP contribution in [0.2, 0.25) is 15.1 Å². The van der Waals surface area contributed by atoms with Crippen molar-refractivity contribution < 1.29 is 8.22 Å². The van der Waals surface area contributed by atoms with E-state index in [9.17, 15) is 8.22 Å². The lowest BCUT2D eigenvalue weighted by Crippen LogP contribution is -2.47. The summed E-state index contributed by atoms with van der Waals surface area (Å²) in [6, 6.07) is 4.16. The Balaban J connectivity index is 3.28. The minimum Gasteiger partial charge on any atom is -0.264 e. The van der Waals surface area contributed by atoms with Crippen LogP contribution in [-0.2, 0) is 0 Å². The maximum atomic E-state index is 14.1. The first kappa shape index (κ1) is 12.9. The van der Waals surface area contributed by atoms with E-state index in [1.54, 1.807) is 0 Å². The molecule has 5 heteroatoms. The lowest BCUT2D eigenvalue weighted by atomic mass is 10.2. The molecular formula is C10H12Cl2F2Si. The van der Waals surface area contributed by atoms with Gasteiger partial charge in [-0.1, -0.05) is 50.0 Å². The zero-order chi connectivity index (χ0) is 11.9. The van der Waals surface area contributed by atoms with E-state index in [4.69, 9.17) is 23.2 Å². The Bertz CT molecular complexity index is 372. The standard InChI is InChI=1S/C10H12Cl2F2Si/c1-10(2,3)15(13,14)9-5-4-7(11)6-8(9)12/h4-6H,1-3H3. The average Bonchev–Trinajstić information content (AvgIpc) is 2.00. The number of hydrogen-bond acceptors (Lipinski definition) is 0. The van der Waals surface area contributed by atoms with Crippen LogP contribution in [-0.4, -0.2) is 8.74 Å². The molecule has 0 saturated carbocycles. The van der Waals surface area contributed by atoms with E-state index in [0.29, 0.717) is 5.02 Å². The second kappa shape index (κ2) is 4.04. The molecule has 0 atom stereocenters. The predicted molar refractivity (Wildman–Crippen MR) is 63.8 cm³/mol. The van der Waals surface area contributed by atoms with Gasteiger partial charge in [0.15, 0.2) is 0 Å². The summed E-state index contributed by atoms with van der Waals surface area (Å²) in [7, 11) is -4.54. The van der Waals surface area contributed by atoms with Crippen molar-refractivity contribution in [2.75, 3.05) is 0 Å². The van der Waals surface area contributed by atoms with E-state index in [1.165, 1.54) is 39.0 Å². The normalized spacial score (nSPS) is 13.0. The van der Waals surface area contributed by atoms with Crippen molar-refractivity contribution in [3.05, 3.63) is 28.2 Å². The summed E-state index contributed by atoms with van der Waals surface area (Å²) in [5.74, 6) is 0. The largest absolute Gasteiger partial charge is 0.462 e. The molecule has 0 radical (unpaired) electrons. The second-order valence-electron chi connectivity index (χ2n) is 4.45. The third-order valence-electron chi connectivity index (χ3n) is 2.21. The first-order valence-corrected chi connectivity index (χ1v) is 7.01. The summed E-state index contributed by atoms with van der Waals surface area (Å²) in [6.07, 6.45) is 0. The van der Waals surface area contributed by atoms with Crippen molar-refractivity contribution in [2.24, 2.45) is 0 Å². The number of halogens is 4. The molecule has 1 rings (SSSR count). The number of benzene rings is 1. The van der Waals surface area contributed by atoms with E-state index < -0.39 is 13.8 Å². The van der Waals surface area contributed by atoms with Crippen LogP contribution in [0.1, 0.15) is 20.8 Å². The number of rotatable bonds is 1. The van der Waals surface area contributed by atoms with Gasteiger partial charge in [0.1, 0.15) is 0 Å². The van der Waals surface area contributed by atoms with Crippen molar-refractivity contribution in [3.63, 3.8) is 0 Å². The van der Waals surface area contributed by atoms with Gasteiger partial charge in [0, 0.05) is 20.3 Å². The molecule has 0 unspecified atom stereocenters. The second-order valence-corrected chi connectivity index (χ2v) is 8.48. The summed E-state index contributed by atoms with van der Waals surface area (Å²) in [6.45, 7) is 4.60. The van der Waals surface area contributed by atoms with E-state index in [2.05, 4.69) is 0 Å². The van der Waals surface area contributed by atoms with Crippen LogP contribution in [0.4, 0.5) is 8.22 Å². The summed E-state index contributed by atoms with van der Waals surface area (Å²) >= 11 is 11.5. The van der Waals surface area contributed by atoms with Gasteiger partial charge >= 0.3 is 8.74 Å². The molecule has 0 nitrogen and oxygen atoms in total. The van der Waals surface area contributed by atoms with Gasteiger partial charge in [0.05, 0.1) is 0 Å². The Kier molecular flexibility index (Phi) is 3.48. The molecule has 0 fully saturated rings. The van der Waals surface area contributed by atoms with E-state index in [0.717, 1.165) is 0 Å². The van der Waals surface area contributed by atoms with Crippen LogP contribution < -0.4 is 5.19 Å². The van der Waals surface area contributed by atoms with Crippen LogP contribution in [0.25, 0.3) is 0 Å². The molecule has 1 aromatic rings. The quantitative estimate of drug-likeness (QED) is 0.524. The summed E-state index contributed by atoms with van der Waals surface area (Å²) in [5.41, 5.74) is 0. The molecule has 15 heavy (non-hydrogen) atoms. The SMILES string of the molecule is CC(C)(C)[Si](F)(F)c1ccc(Cl)cc1Cl. The van der Waals surface area contributed by atoms with Crippen LogP contribution in [0.5, 0.6) is 0 Å². The van der Waals surface area contributed by atoms with Gasteiger partial charge in [-0.2, -0.15) is 0 Å². The lowest BCUT2D eigenvalue weighted by Gasteiger charge is -2.28. The van der Waals surface area contributed by atoms with Gasteiger partial charge in [0.25, 0.3) is 0 Å². The Hall–Kier alpha value is -0.123. The lowest BCUT2D eigenvalue weighted by molar-refractivity contribution is 0.519. The molecule has 0 bridgehead atoms.